The van der Waals surface area contributed by atoms with Crippen molar-refractivity contribution in [2.24, 2.45) is 0 Å². The summed E-state index contributed by atoms with van der Waals surface area (Å²) in [6, 6.07) is 0. The predicted molar refractivity (Wildman–Crippen MR) is 67.7 cm³/mol. The zero-order valence-corrected chi connectivity index (χ0v) is 11.1. The molecule has 0 saturated heterocycles. The van der Waals surface area contributed by atoms with Crippen LogP contribution >= 0.6 is 23.4 Å². The molecule has 1 heterocycles. The Hall–Kier alpha value is -0.190. The molecular formula is C10H18ClN3S. The van der Waals surface area contributed by atoms with E-state index in [1.165, 1.54) is 0 Å². The smallest absolute Gasteiger partial charge is 0.0860 e. The number of thioether (sulfide) groups is 1. The molecule has 86 valence electrons. The molecule has 1 N–H and O–H groups in total. The Morgan fingerprint density at radius 1 is 1.53 bits per heavy atom. The molecule has 0 fully saturated rings. The highest BCUT2D eigenvalue weighted by Gasteiger charge is 2.11. The summed E-state index contributed by atoms with van der Waals surface area (Å²) in [6.45, 7) is 6.70. The summed E-state index contributed by atoms with van der Waals surface area (Å²) >= 11 is 8.02. The summed E-state index contributed by atoms with van der Waals surface area (Å²) in [6.07, 6.45) is 2.11. The summed E-state index contributed by atoms with van der Waals surface area (Å²) in [4.78, 5) is 0. The Kier molecular flexibility index (Phi) is 5.50. The molecule has 0 aliphatic carbocycles. The van der Waals surface area contributed by atoms with Gasteiger partial charge in [-0.25, -0.2) is 0 Å². The van der Waals surface area contributed by atoms with Crippen LogP contribution in [0.2, 0.25) is 5.02 Å². The van der Waals surface area contributed by atoms with Crippen LogP contribution in [0.15, 0.2) is 0 Å². The second kappa shape index (κ2) is 6.40. The van der Waals surface area contributed by atoms with Gasteiger partial charge in [-0.2, -0.15) is 16.9 Å². The third kappa shape index (κ3) is 3.40. The number of rotatable bonds is 6. The molecule has 5 heteroatoms. The molecule has 3 nitrogen and oxygen atoms in total. The first kappa shape index (κ1) is 12.9. The number of aromatic nitrogens is 2. The molecular weight excluding hydrogens is 230 g/mol. The zero-order chi connectivity index (χ0) is 11.3. The van der Waals surface area contributed by atoms with Crippen LogP contribution in [0.5, 0.6) is 0 Å². The first-order chi connectivity index (χ1) is 7.20. The minimum absolute atomic E-state index is 0.800. The van der Waals surface area contributed by atoms with Gasteiger partial charge in [-0.3, -0.25) is 4.68 Å². The second-order valence-corrected chi connectivity index (χ2v) is 4.69. The van der Waals surface area contributed by atoms with E-state index in [4.69, 9.17) is 11.6 Å². The van der Waals surface area contributed by atoms with Gasteiger partial charge in [0.05, 0.1) is 16.4 Å². The van der Waals surface area contributed by atoms with Gasteiger partial charge in [0, 0.05) is 25.4 Å². The van der Waals surface area contributed by atoms with Crippen molar-refractivity contribution in [1.82, 2.24) is 15.1 Å². The SMILES string of the molecule is CCn1nc(C)c(Cl)c1CNCCSC. The van der Waals surface area contributed by atoms with Crippen molar-refractivity contribution in [3.63, 3.8) is 0 Å². The van der Waals surface area contributed by atoms with Gasteiger partial charge in [-0.15, -0.1) is 0 Å². The first-order valence-electron chi connectivity index (χ1n) is 5.12. The standard InChI is InChI=1S/C10H18ClN3S/c1-4-14-9(7-12-5-6-15-3)10(11)8(2)13-14/h12H,4-7H2,1-3H3. The third-order valence-electron chi connectivity index (χ3n) is 2.23. The Bertz CT molecular complexity index is 312. The predicted octanol–water partition coefficient (Wildman–Crippen LogP) is 2.32. The Balaban J connectivity index is 2.58. The normalized spacial score (nSPS) is 10.9. The highest BCUT2D eigenvalue weighted by Crippen LogP contribution is 2.19. The summed E-state index contributed by atoms with van der Waals surface area (Å²) in [7, 11) is 0. The maximum Gasteiger partial charge on any atom is 0.0860 e. The van der Waals surface area contributed by atoms with Crippen LogP contribution in [0.3, 0.4) is 0 Å². The maximum atomic E-state index is 6.18. The van der Waals surface area contributed by atoms with Crippen LogP contribution in [0.4, 0.5) is 0 Å². The summed E-state index contributed by atoms with van der Waals surface area (Å²) in [5, 5.41) is 8.53. The lowest BCUT2D eigenvalue weighted by molar-refractivity contribution is 0.588. The van der Waals surface area contributed by atoms with Crippen LogP contribution in [0.25, 0.3) is 0 Å². The maximum absolute atomic E-state index is 6.18. The number of nitrogens with zero attached hydrogens (tertiary/aromatic N) is 2. The molecule has 0 aliphatic heterocycles. The van der Waals surface area contributed by atoms with Gasteiger partial charge in [0.2, 0.25) is 0 Å². The van der Waals surface area contributed by atoms with E-state index in [0.29, 0.717) is 0 Å². The van der Waals surface area contributed by atoms with Crippen LogP contribution < -0.4 is 5.32 Å². The van der Waals surface area contributed by atoms with Crippen LogP contribution in [-0.4, -0.2) is 28.3 Å². The van der Waals surface area contributed by atoms with E-state index in [1.807, 2.05) is 23.4 Å². The molecule has 1 aromatic heterocycles. The fourth-order valence-electron chi connectivity index (χ4n) is 1.42. The number of aryl methyl sites for hydroxylation is 2. The van der Waals surface area contributed by atoms with E-state index in [0.717, 1.165) is 41.8 Å². The van der Waals surface area contributed by atoms with Gasteiger partial charge in [0.25, 0.3) is 0 Å². The van der Waals surface area contributed by atoms with Gasteiger partial charge in [0.1, 0.15) is 0 Å². The number of halogens is 1. The molecule has 0 atom stereocenters. The van der Waals surface area contributed by atoms with Gasteiger partial charge < -0.3 is 5.32 Å². The second-order valence-electron chi connectivity index (χ2n) is 3.33. The van der Waals surface area contributed by atoms with Crippen molar-refractivity contribution in [1.29, 1.82) is 0 Å². The quantitative estimate of drug-likeness (QED) is 0.783. The largest absolute Gasteiger partial charge is 0.310 e. The number of hydrogen-bond acceptors (Lipinski definition) is 3. The van der Waals surface area contributed by atoms with E-state index in [1.54, 1.807) is 0 Å². The van der Waals surface area contributed by atoms with E-state index in [-0.39, 0.29) is 0 Å². The molecule has 0 aromatic carbocycles. The lowest BCUT2D eigenvalue weighted by atomic mass is 10.3. The number of hydrogen-bond donors (Lipinski definition) is 1. The summed E-state index contributed by atoms with van der Waals surface area (Å²) in [5.41, 5.74) is 2.01. The Labute approximate surface area is 101 Å². The van der Waals surface area contributed by atoms with E-state index in [2.05, 4.69) is 23.6 Å². The Morgan fingerprint density at radius 3 is 2.87 bits per heavy atom. The van der Waals surface area contributed by atoms with Crippen molar-refractivity contribution in [3.05, 3.63) is 16.4 Å². The van der Waals surface area contributed by atoms with Crippen LogP contribution in [-0.2, 0) is 13.1 Å². The Morgan fingerprint density at radius 2 is 2.27 bits per heavy atom. The summed E-state index contributed by atoms with van der Waals surface area (Å²) in [5.74, 6) is 1.12. The van der Waals surface area contributed by atoms with Crippen molar-refractivity contribution in [3.8, 4) is 0 Å². The first-order valence-corrected chi connectivity index (χ1v) is 6.89. The monoisotopic (exact) mass is 247 g/mol. The van der Waals surface area contributed by atoms with Crippen LogP contribution in [0, 0.1) is 6.92 Å². The molecule has 0 amide bonds. The molecule has 0 radical (unpaired) electrons. The summed E-state index contributed by atoms with van der Waals surface area (Å²) < 4.78 is 1.96. The molecule has 0 unspecified atom stereocenters. The van der Waals surface area contributed by atoms with Crippen molar-refractivity contribution < 1.29 is 0 Å². The minimum Gasteiger partial charge on any atom is -0.310 e. The zero-order valence-electron chi connectivity index (χ0n) is 9.51. The topological polar surface area (TPSA) is 29.9 Å². The molecule has 0 saturated carbocycles. The minimum atomic E-state index is 0.800. The molecule has 1 rings (SSSR count). The molecule has 15 heavy (non-hydrogen) atoms. The van der Waals surface area contributed by atoms with Gasteiger partial charge in [-0.05, 0) is 20.1 Å². The van der Waals surface area contributed by atoms with E-state index in [9.17, 15) is 0 Å². The van der Waals surface area contributed by atoms with Gasteiger partial charge >= 0.3 is 0 Å². The average Bonchev–Trinajstić information content (AvgIpc) is 2.51. The molecule has 0 bridgehead atoms. The lowest BCUT2D eigenvalue weighted by Crippen LogP contribution is -2.19. The van der Waals surface area contributed by atoms with Crippen LogP contribution in [0.1, 0.15) is 18.3 Å². The van der Waals surface area contributed by atoms with E-state index >= 15 is 0 Å². The average molecular weight is 248 g/mol. The number of nitrogens with one attached hydrogen (secondary N) is 1. The fourth-order valence-corrected chi connectivity index (χ4v) is 1.97. The highest BCUT2D eigenvalue weighted by molar-refractivity contribution is 7.98. The van der Waals surface area contributed by atoms with Gasteiger partial charge in [-0.1, -0.05) is 11.6 Å². The van der Waals surface area contributed by atoms with Gasteiger partial charge in [0.15, 0.2) is 0 Å². The van der Waals surface area contributed by atoms with Crippen molar-refractivity contribution in [2.75, 3.05) is 18.6 Å². The highest BCUT2D eigenvalue weighted by atomic mass is 35.5. The van der Waals surface area contributed by atoms with Crippen molar-refractivity contribution in [2.45, 2.75) is 26.9 Å². The molecule has 1 aromatic rings. The fraction of sp³-hybridized carbons (Fsp3) is 0.700. The lowest BCUT2D eigenvalue weighted by Gasteiger charge is -2.06. The molecule has 0 spiro atoms. The molecule has 0 aliphatic rings. The van der Waals surface area contributed by atoms with E-state index < -0.39 is 0 Å². The van der Waals surface area contributed by atoms with Crippen molar-refractivity contribution >= 4 is 23.4 Å². The third-order valence-corrected chi connectivity index (χ3v) is 3.33.